The molecule has 0 aromatic heterocycles. The number of phenolic OH excluding ortho intramolecular Hbond substituents is 1. The van der Waals surface area contributed by atoms with Crippen LogP contribution in [0.3, 0.4) is 0 Å². The standard InChI is InChI=1S/C14H15ClN2O3S/c1-14(4-2-3-5-20-14)13(19)17-21-10-6-9(8-16)12(18)11(15)7-10/h6-7,18H,2-5H2,1H3,(H,17,19). The summed E-state index contributed by atoms with van der Waals surface area (Å²) in [6, 6.07) is 4.81. The predicted octanol–water partition coefficient (Wildman–Crippen LogP) is 3.00. The van der Waals surface area contributed by atoms with Crippen LogP contribution in [-0.4, -0.2) is 23.2 Å². The highest BCUT2D eigenvalue weighted by molar-refractivity contribution is 7.98. The smallest absolute Gasteiger partial charge is 0.262 e. The minimum absolute atomic E-state index is 0.0689. The maximum atomic E-state index is 12.2. The van der Waals surface area contributed by atoms with Crippen molar-refractivity contribution in [3.05, 3.63) is 22.7 Å². The van der Waals surface area contributed by atoms with E-state index >= 15 is 0 Å². The van der Waals surface area contributed by atoms with Gasteiger partial charge in [0, 0.05) is 11.5 Å². The number of nitrogens with one attached hydrogen (secondary N) is 1. The quantitative estimate of drug-likeness (QED) is 0.834. The molecule has 1 fully saturated rings. The minimum atomic E-state index is -0.815. The molecule has 0 radical (unpaired) electrons. The highest BCUT2D eigenvalue weighted by atomic mass is 35.5. The van der Waals surface area contributed by atoms with Crippen LogP contribution in [0.25, 0.3) is 0 Å². The number of aromatic hydroxyl groups is 1. The van der Waals surface area contributed by atoms with Crippen molar-refractivity contribution >= 4 is 29.5 Å². The van der Waals surface area contributed by atoms with Gasteiger partial charge in [0.2, 0.25) is 0 Å². The van der Waals surface area contributed by atoms with E-state index in [-0.39, 0.29) is 22.2 Å². The van der Waals surface area contributed by atoms with Crippen LogP contribution in [0.4, 0.5) is 0 Å². The van der Waals surface area contributed by atoms with Crippen molar-refractivity contribution in [2.75, 3.05) is 6.61 Å². The second-order valence-electron chi connectivity index (χ2n) is 4.98. The lowest BCUT2D eigenvalue weighted by Gasteiger charge is -2.32. The zero-order valence-electron chi connectivity index (χ0n) is 11.5. The third-order valence-electron chi connectivity index (χ3n) is 3.37. The van der Waals surface area contributed by atoms with E-state index in [0.717, 1.165) is 24.8 Å². The number of hydrogen-bond acceptors (Lipinski definition) is 5. The Morgan fingerprint density at radius 2 is 2.33 bits per heavy atom. The molecule has 0 saturated carbocycles. The Kier molecular flexibility index (Phi) is 4.99. The fraction of sp³-hybridized carbons (Fsp3) is 0.429. The summed E-state index contributed by atoms with van der Waals surface area (Å²) in [5.74, 6) is -0.465. The monoisotopic (exact) mass is 326 g/mol. The van der Waals surface area contributed by atoms with Gasteiger partial charge < -0.3 is 9.84 Å². The van der Waals surface area contributed by atoms with Crippen molar-refractivity contribution in [3.63, 3.8) is 0 Å². The first kappa shape index (κ1) is 16.0. The summed E-state index contributed by atoms with van der Waals surface area (Å²) in [7, 11) is 0. The molecule has 7 heteroatoms. The average molecular weight is 327 g/mol. The predicted molar refractivity (Wildman–Crippen MR) is 80.0 cm³/mol. The zero-order valence-corrected chi connectivity index (χ0v) is 13.1. The average Bonchev–Trinajstić information content (AvgIpc) is 2.48. The van der Waals surface area contributed by atoms with Gasteiger partial charge >= 0.3 is 0 Å². The number of carbonyl (C=O) groups is 1. The van der Waals surface area contributed by atoms with Gasteiger partial charge in [0.05, 0.1) is 10.6 Å². The van der Waals surface area contributed by atoms with Crippen molar-refractivity contribution in [1.29, 1.82) is 5.26 Å². The summed E-state index contributed by atoms with van der Waals surface area (Å²) in [6.45, 7) is 2.35. The van der Waals surface area contributed by atoms with Gasteiger partial charge in [-0.25, -0.2) is 0 Å². The first-order valence-corrected chi connectivity index (χ1v) is 7.69. The summed E-state index contributed by atoms with van der Waals surface area (Å²) in [5, 5.41) is 18.6. The number of benzene rings is 1. The van der Waals surface area contributed by atoms with E-state index in [2.05, 4.69) is 4.72 Å². The van der Waals surface area contributed by atoms with Gasteiger partial charge in [0.15, 0.2) is 5.75 Å². The lowest BCUT2D eigenvalue weighted by Crippen LogP contribution is -2.46. The molecule has 1 aromatic rings. The molecule has 1 saturated heterocycles. The maximum Gasteiger partial charge on any atom is 0.262 e. The Hall–Kier alpha value is -1.42. The Morgan fingerprint density at radius 3 is 2.95 bits per heavy atom. The molecule has 0 aliphatic carbocycles. The van der Waals surface area contributed by atoms with Gasteiger partial charge in [-0.2, -0.15) is 5.26 Å². The molecule has 1 aromatic carbocycles. The Balaban J connectivity index is 2.05. The molecule has 1 heterocycles. The van der Waals surface area contributed by atoms with Gasteiger partial charge in [0.25, 0.3) is 5.91 Å². The van der Waals surface area contributed by atoms with Gasteiger partial charge in [0.1, 0.15) is 11.7 Å². The molecule has 1 unspecified atom stereocenters. The van der Waals surface area contributed by atoms with Crippen molar-refractivity contribution in [2.24, 2.45) is 0 Å². The lowest BCUT2D eigenvalue weighted by atomic mass is 9.95. The maximum absolute atomic E-state index is 12.2. The highest BCUT2D eigenvalue weighted by Crippen LogP contribution is 2.32. The number of amides is 1. The van der Waals surface area contributed by atoms with E-state index in [4.69, 9.17) is 21.6 Å². The van der Waals surface area contributed by atoms with Crippen molar-refractivity contribution < 1.29 is 14.6 Å². The van der Waals surface area contributed by atoms with Gasteiger partial charge in [-0.3, -0.25) is 9.52 Å². The molecule has 0 spiro atoms. The molecule has 1 aliphatic rings. The molecule has 2 rings (SSSR count). The number of halogens is 1. The fourth-order valence-corrected chi connectivity index (χ4v) is 3.11. The highest BCUT2D eigenvalue weighted by Gasteiger charge is 2.36. The Labute approximate surface area is 132 Å². The number of hydrogen-bond donors (Lipinski definition) is 2. The number of rotatable bonds is 3. The third-order valence-corrected chi connectivity index (χ3v) is 4.42. The molecule has 1 atom stereocenters. The molecule has 21 heavy (non-hydrogen) atoms. The second kappa shape index (κ2) is 6.56. The van der Waals surface area contributed by atoms with E-state index < -0.39 is 5.60 Å². The normalized spacial score (nSPS) is 21.6. The van der Waals surface area contributed by atoms with Crippen molar-refractivity contribution in [2.45, 2.75) is 36.7 Å². The summed E-state index contributed by atoms with van der Waals surface area (Å²) in [4.78, 5) is 12.8. The van der Waals surface area contributed by atoms with Crippen molar-refractivity contribution in [1.82, 2.24) is 4.72 Å². The summed E-state index contributed by atoms with van der Waals surface area (Å²) >= 11 is 6.88. The third kappa shape index (κ3) is 3.62. The van der Waals surface area contributed by atoms with E-state index in [0.29, 0.717) is 17.9 Å². The van der Waals surface area contributed by atoms with Gasteiger partial charge in [-0.05, 0) is 50.3 Å². The van der Waals surface area contributed by atoms with E-state index in [1.54, 1.807) is 6.92 Å². The van der Waals surface area contributed by atoms with Crippen LogP contribution >= 0.6 is 23.5 Å². The molecular formula is C14H15ClN2O3S. The minimum Gasteiger partial charge on any atom is -0.505 e. The number of phenols is 1. The number of nitriles is 1. The summed E-state index contributed by atoms with van der Waals surface area (Å²) < 4.78 is 8.27. The Morgan fingerprint density at radius 1 is 1.57 bits per heavy atom. The van der Waals surface area contributed by atoms with Gasteiger partial charge in [-0.1, -0.05) is 11.6 Å². The zero-order chi connectivity index (χ0) is 15.5. The van der Waals surface area contributed by atoms with Crippen LogP contribution in [0.15, 0.2) is 17.0 Å². The topological polar surface area (TPSA) is 82.4 Å². The Bertz CT molecular complexity index is 595. The first-order chi connectivity index (χ1) is 9.96. The molecule has 1 amide bonds. The first-order valence-electron chi connectivity index (χ1n) is 6.50. The summed E-state index contributed by atoms with van der Waals surface area (Å²) in [5.41, 5.74) is -0.747. The largest absolute Gasteiger partial charge is 0.505 e. The van der Waals surface area contributed by atoms with Crippen LogP contribution in [0.1, 0.15) is 31.7 Å². The van der Waals surface area contributed by atoms with Gasteiger partial charge in [-0.15, -0.1) is 0 Å². The fourth-order valence-electron chi connectivity index (χ4n) is 2.04. The lowest BCUT2D eigenvalue weighted by molar-refractivity contribution is -0.148. The SMILES string of the molecule is CC1(C(=O)NSc2cc(Cl)c(O)c(C#N)c2)CCCCO1. The molecular weight excluding hydrogens is 312 g/mol. The van der Waals surface area contributed by atoms with E-state index in [1.165, 1.54) is 12.1 Å². The van der Waals surface area contributed by atoms with Crippen LogP contribution in [0.5, 0.6) is 5.75 Å². The van der Waals surface area contributed by atoms with Crippen molar-refractivity contribution in [3.8, 4) is 11.8 Å². The molecule has 5 nitrogen and oxygen atoms in total. The van der Waals surface area contributed by atoms with Crippen LogP contribution in [0, 0.1) is 11.3 Å². The number of carbonyl (C=O) groups excluding carboxylic acids is 1. The van der Waals surface area contributed by atoms with E-state index in [1.807, 2.05) is 6.07 Å². The van der Waals surface area contributed by atoms with Crippen LogP contribution < -0.4 is 4.72 Å². The number of ether oxygens (including phenoxy) is 1. The molecule has 112 valence electrons. The van der Waals surface area contributed by atoms with E-state index in [9.17, 15) is 9.90 Å². The molecule has 2 N–H and O–H groups in total. The molecule has 0 bridgehead atoms. The summed E-state index contributed by atoms with van der Waals surface area (Å²) in [6.07, 6.45) is 2.60. The van der Waals surface area contributed by atoms with Crippen LogP contribution in [-0.2, 0) is 9.53 Å². The second-order valence-corrected chi connectivity index (χ2v) is 6.27. The van der Waals surface area contributed by atoms with Crippen LogP contribution in [0.2, 0.25) is 5.02 Å². The number of nitrogens with zero attached hydrogens (tertiary/aromatic N) is 1. The molecule has 1 aliphatic heterocycles.